The highest BCUT2D eigenvalue weighted by molar-refractivity contribution is 5.44. The minimum Gasteiger partial charge on any atom is -0.454 e. The van der Waals surface area contributed by atoms with E-state index in [4.69, 9.17) is 9.47 Å². The quantitative estimate of drug-likeness (QED) is 0.859. The second kappa shape index (κ2) is 4.31. The van der Waals surface area contributed by atoms with Crippen LogP contribution in [0.1, 0.15) is 11.3 Å². The summed E-state index contributed by atoms with van der Waals surface area (Å²) in [7, 11) is 0. The first-order valence-electron chi connectivity index (χ1n) is 5.83. The molecule has 0 bridgehead atoms. The molecule has 98 valence electrons. The number of fused-ring (bicyclic) bond motifs is 1. The van der Waals surface area contributed by atoms with Crippen molar-refractivity contribution in [3.63, 3.8) is 0 Å². The number of H-pyrrole nitrogens is 1. The molecule has 2 heterocycles. The fraction of sp³-hybridized carbons (Fsp3) is 0.231. The summed E-state index contributed by atoms with van der Waals surface area (Å²) in [5, 5.41) is 0. The van der Waals surface area contributed by atoms with Crippen LogP contribution in [0, 0.1) is 6.92 Å². The molecule has 19 heavy (non-hydrogen) atoms. The number of rotatable bonds is 2. The maximum absolute atomic E-state index is 11.8. The van der Waals surface area contributed by atoms with E-state index in [1.54, 1.807) is 6.92 Å². The Hall–Kier alpha value is -2.50. The Balaban J connectivity index is 1.98. The van der Waals surface area contributed by atoms with Crippen LogP contribution >= 0.6 is 0 Å². The van der Waals surface area contributed by atoms with Crippen molar-refractivity contribution in [3.8, 4) is 11.5 Å². The van der Waals surface area contributed by atoms with Crippen molar-refractivity contribution < 1.29 is 9.47 Å². The molecule has 0 fully saturated rings. The minimum atomic E-state index is -0.414. The predicted octanol–water partition coefficient (Wildman–Crippen LogP) is 0.622. The summed E-state index contributed by atoms with van der Waals surface area (Å²) in [6.07, 6.45) is 0. The average Bonchev–Trinajstić information content (AvgIpc) is 2.81. The Bertz CT molecular complexity index is 745. The number of aromatic amines is 1. The third-order valence-corrected chi connectivity index (χ3v) is 3.02. The van der Waals surface area contributed by atoms with E-state index in [1.165, 1.54) is 10.6 Å². The van der Waals surface area contributed by atoms with Crippen molar-refractivity contribution in [2.45, 2.75) is 13.5 Å². The van der Waals surface area contributed by atoms with Crippen molar-refractivity contribution in [3.05, 3.63) is 56.4 Å². The summed E-state index contributed by atoms with van der Waals surface area (Å²) < 4.78 is 12.0. The maximum atomic E-state index is 11.8. The summed E-state index contributed by atoms with van der Waals surface area (Å²) in [5.41, 5.74) is 0.722. The molecule has 3 rings (SSSR count). The molecule has 0 unspecified atom stereocenters. The van der Waals surface area contributed by atoms with Crippen LogP contribution in [0.2, 0.25) is 0 Å². The van der Waals surface area contributed by atoms with Crippen molar-refractivity contribution in [2.75, 3.05) is 6.79 Å². The molecule has 1 aliphatic heterocycles. The lowest BCUT2D eigenvalue weighted by molar-refractivity contribution is 0.174. The van der Waals surface area contributed by atoms with Gasteiger partial charge in [0.15, 0.2) is 11.5 Å². The molecule has 0 saturated carbocycles. The standard InChI is InChI=1S/C13H12N2O4/c1-8-4-12(16)14-13(17)15(8)6-9-2-3-10-11(5-9)19-7-18-10/h2-5H,6-7H2,1H3,(H,14,16,17). The molecule has 1 aromatic carbocycles. The van der Waals surface area contributed by atoms with Gasteiger partial charge in [0.05, 0.1) is 6.54 Å². The highest BCUT2D eigenvalue weighted by Gasteiger charge is 2.13. The molecule has 0 saturated heterocycles. The Labute approximate surface area is 108 Å². The van der Waals surface area contributed by atoms with Crippen LogP contribution in [0.5, 0.6) is 11.5 Å². The first-order valence-corrected chi connectivity index (χ1v) is 5.83. The van der Waals surface area contributed by atoms with Crippen molar-refractivity contribution in [1.29, 1.82) is 0 Å². The molecule has 2 aromatic rings. The first-order chi connectivity index (χ1) is 9.13. The number of hydrogen-bond acceptors (Lipinski definition) is 4. The van der Waals surface area contributed by atoms with Gasteiger partial charge in [-0.3, -0.25) is 14.3 Å². The van der Waals surface area contributed by atoms with Crippen LogP contribution < -0.4 is 20.7 Å². The van der Waals surface area contributed by atoms with Gasteiger partial charge in [-0.1, -0.05) is 6.07 Å². The zero-order chi connectivity index (χ0) is 13.4. The van der Waals surface area contributed by atoms with E-state index in [9.17, 15) is 9.59 Å². The maximum Gasteiger partial charge on any atom is 0.328 e. The molecule has 0 atom stereocenters. The monoisotopic (exact) mass is 260 g/mol. The molecule has 6 heteroatoms. The summed E-state index contributed by atoms with van der Waals surface area (Å²) in [6, 6.07) is 6.90. The van der Waals surface area contributed by atoms with Crippen LogP contribution in [-0.4, -0.2) is 16.3 Å². The van der Waals surface area contributed by atoms with E-state index in [2.05, 4.69) is 4.98 Å². The molecule has 1 aliphatic rings. The molecule has 1 aromatic heterocycles. The largest absolute Gasteiger partial charge is 0.454 e. The first kappa shape index (κ1) is 11.6. The van der Waals surface area contributed by atoms with Gasteiger partial charge in [-0.25, -0.2) is 4.79 Å². The Morgan fingerprint density at radius 3 is 2.79 bits per heavy atom. The van der Waals surface area contributed by atoms with Gasteiger partial charge in [0.1, 0.15) is 0 Å². The van der Waals surface area contributed by atoms with Gasteiger partial charge in [-0.2, -0.15) is 0 Å². The number of ether oxygens (including phenoxy) is 2. The Kier molecular flexibility index (Phi) is 2.63. The van der Waals surface area contributed by atoms with Gasteiger partial charge in [-0.05, 0) is 24.6 Å². The normalized spacial score (nSPS) is 12.7. The van der Waals surface area contributed by atoms with Crippen LogP contribution in [0.15, 0.2) is 33.9 Å². The number of benzene rings is 1. The lowest BCUT2D eigenvalue weighted by atomic mass is 10.2. The number of nitrogens with zero attached hydrogens (tertiary/aromatic N) is 1. The van der Waals surface area contributed by atoms with Gasteiger partial charge in [0.25, 0.3) is 5.56 Å². The van der Waals surface area contributed by atoms with E-state index in [1.807, 2.05) is 18.2 Å². The second-order valence-electron chi connectivity index (χ2n) is 4.35. The van der Waals surface area contributed by atoms with E-state index in [-0.39, 0.29) is 12.4 Å². The topological polar surface area (TPSA) is 73.3 Å². The molecule has 0 spiro atoms. The number of hydrogen-bond donors (Lipinski definition) is 1. The van der Waals surface area contributed by atoms with Crippen LogP contribution in [0.3, 0.4) is 0 Å². The van der Waals surface area contributed by atoms with Crippen LogP contribution in [-0.2, 0) is 6.54 Å². The Morgan fingerprint density at radius 2 is 2.00 bits per heavy atom. The molecule has 0 amide bonds. The van der Waals surface area contributed by atoms with Crippen molar-refractivity contribution in [2.24, 2.45) is 0 Å². The highest BCUT2D eigenvalue weighted by Crippen LogP contribution is 2.32. The average molecular weight is 260 g/mol. The highest BCUT2D eigenvalue weighted by atomic mass is 16.7. The lowest BCUT2D eigenvalue weighted by Crippen LogP contribution is -2.31. The van der Waals surface area contributed by atoms with Gasteiger partial charge in [0, 0.05) is 11.8 Å². The zero-order valence-electron chi connectivity index (χ0n) is 10.3. The SMILES string of the molecule is Cc1cc(=O)[nH]c(=O)n1Cc1ccc2c(c1)OCO2. The number of aryl methyl sites for hydroxylation is 1. The van der Waals surface area contributed by atoms with E-state index in [0.717, 1.165) is 5.56 Å². The van der Waals surface area contributed by atoms with E-state index in [0.29, 0.717) is 23.7 Å². The van der Waals surface area contributed by atoms with Crippen LogP contribution in [0.4, 0.5) is 0 Å². The Morgan fingerprint density at radius 1 is 1.21 bits per heavy atom. The fourth-order valence-corrected chi connectivity index (χ4v) is 2.06. The molecule has 6 nitrogen and oxygen atoms in total. The molecule has 1 N–H and O–H groups in total. The fourth-order valence-electron chi connectivity index (χ4n) is 2.06. The van der Waals surface area contributed by atoms with E-state index >= 15 is 0 Å². The van der Waals surface area contributed by atoms with Gasteiger partial charge < -0.3 is 9.47 Å². The number of aromatic nitrogens is 2. The summed E-state index contributed by atoms with van der Waals surface area (Å²) in [6.45, 7) is 2.32. The molecular weight excluding hydrogens is 248 g/mol. The van der Waals surface area contributed by atoms with Gasteiger partial charge >= 0.3 is 5.69 Å². The molecule has 0 radical (unpaired) electrons. The lowest BCUT2D eigenvalue weighted by Gasteiger charge is -2.09. The summed E-state index contributed by atoms with van der Waals surface area (Å²) in [4.78, 5) is 25.2. The van der Waals surface area contributed by atoms with Crippen molar-refractivity contribution in [1.82, 2.24) is 9.55 Å². The predicted molar refractivity (Wildman–Crippen MR) is 67.7 cm³/mol. The zero-order valence-corrected chi connectivity index (χ0v) is 10.3. The second-order valence-corrected chi connectivity index (χ2v) is 4.35. The van der Waals surface area contributed by atoms with E-state index < -0.39 is 5.69 Å². The third-order valence-electron chi connectivity index (χ3n) is 3.02. The minimum absolute atomic E-state index is 0.219. The smallest absolute Gasteiger partial charge is 0.328 e. The number of nitrogens with one attached hydrogen (secondary N) is 1. The van der Waals surface area contributed by atoms with Gasteiger partial charge in [0.2, 0.25) is 6.79 Å². The van der Waals surface area contributed by atoms with Crippen LogP contribution in [0.25, 0.3) is 0 Å². The molecular formula is C13H12N2O4. The molecule has 0 aliphatic carbocycles. The summed E-state index contributed by atoms with van der Waals surface area (Å²) in [5.74, 6) is 1.38. The summed E-state index contributed by atoms with van der Waals surface area (Å²) >= 11 is 0. The van der Waals surface area contributed by atoms with Crippen molar-refractivity contribution >= 4 is 0 Å². The third kappa shape index (κ3) is 2.12. The van der Waals surface area contributed by atoms with Gasteiger partial charge in [-0.15, -0.1) is 0 Å².